The van der Waals surface area contributed by atoms with E-state index in [4.69, 9.17) is 5.10 Å². The van der Waals surface area contributed by atoms with Crippen LogP contribution in [-0.4, -0.2) is 38.7 Å². The minimum atomic E-state index is -0.241. The van der Waals surface area contributed by atoms with Crippen molar-refractivity contribution in [3.8, 4) is 11.1 Å². The first-order valence-corrected chi connectivity index (χ1v) is 10.1. The Morgan fingerprint density at radius 1 is 1.21 bits per heavy atom. The van der Waals surface area contributed by atoms with Crippen molar-refractivity contribution in [1.82, 2.24) is 19.7 Å². The Kier molecular flexibility index (Phi) is 4.34. The molecule has 6 heteroatoms. The summed E-state index contributed by atoms with van der Waals surface area (Å²) in [5.41, 5.74) is 3.87. The lowest BCUT2D eigenvalue weighted by Gasteiger charge is -2.31. The molecule has 29 heavy (non-hydrogen) atoms. The zero-order valence-electron chi connectivity index (χ0n) is 16.4. The Balaban J connectivity index is 1.38. The summed E-state index contributed by atoms with van der Waals surface area (Å²) in [5.74, 6) is 0.470. The maximum Gasteiger partial charge on any atom is 0.219 e. The van der Waals surface area contributed by atoms with Gasteiger partial charge in [-0.15, -0.1) is 0 Å². The van der Waals surface area contributed by atoms with Gasteiger partial charge in [0.2, 0.25) is 5.91 Å². The fourth-order valence-corrected chi connectivity index (χ4v) is 4.36. The molecule has 1 fully saturated rings. The van der Waals surface area contributed by atoms with E-state index in [1.54, 1.807) is 6.92 Å². The number of benzene rings is 2. The lowest BCUT2D eigenvalue weighted by molar-refractivity contribution is -0.130. The van der Waals surface area contributed by atoms with Crippen molar-refractivity contribution >= 4 is 27.7 Å². The molecule has 0 radical (unpaired) electrons. The molecule has 1 amide bonds. The number of rotatable bonds is 3. The van der Waals surface area contributed by atoms with Crippen LogP contribution < -0.4 is 0 Å². The van der Waals surface area contributed by atoms with Crippen molar-refractivity contribution in [3.05, 3.63) is 54.6 Å². The molecule has 1 aliphatic heterocycles. The first-order chi connectivity index (χ1) is 14.1. The number of aromatic nitrogens is 3. The van der Waals surface area contributed by atoms with Crippen molar-refractivity contribution in [2.75, 3.05) is 13.1 Å². The number of likely N-dealkylation sites (tertiary alicyclic amines) is 1. The average Bonchev–Trinajstić information content (AvgIpc) is 3.30. The molecular formula is C23H23FN4O. The standard InChI is InChI=1S/C23H23FN4O/c1-15(29)27-8-6-16(7-9-27)13-28-14-18-3-2-17(10-22(18)26-28)21-12-25-23-11-19(24)4-5-20(21)23/h2-5,10-12,14,16,25H,6-9,13H2,1H3. The Labute approximate surface area is 168 Å². The van der Waals surface area contributed by atoms with Gasteiger partial charge in [0.1, 0.15) is 5.82 Å². The Hall–Kier alpha value is -3.15. The Morgan fingerprint density at radius 2 is 2.03 bits per heavy atom. The number of nitrogens with zero attached hydrogens (tertiary/aromatic N) is 3. The van der Waals surface area contributed by atoms with E-state index in [1.165, 1.54) is 12.1 Å². The molecule has 0 spiro atoms. The third kappa shape index (κ3) is 3.39. The normalized spacial score (nSPS) is 15.4. The molecule has 0 atom stereocenters. The number of amides is 1. The third-order valence-electron chi connectivity index (χ3n) is 6.01. The molecule has 2 aromatic carbocycles. The lowest BCUT2D eigenvalue weighted by Crippen LogP contribution is -2.38. The smallest absolute Gasteiger partial charge is 0.219 e. The van der Waals surface area contributed by atoms with Crippen molar-refractivity contribution in [2.45, 2.75) is 26.3 Å². The van der Waals surface area contributed by atoms with Crippen LogP contribution in [0.1, 0.15) is 19.8 Å². The summed E-state index contributed by atoms with van der Waals surface area (Å²) in [5, 5.41) is 6.91. The topological polar surface area (TPSA) is 53.9 Å². The van der Waals surface area contributed by atoms with E-state index in [1.807, 2.05) is 21.8 Å². The van der Waals surface area contributed by atoms with Gasteiger partial charge in [-0.25, -0.2) is 4.39 Å². The second-order valence-corrected chi connectivity index (χ2v) is 7.97. The van der Waals surface area contributed by atoms with E-state index in [0.717, 1.165) is 65.4 Å². The monoisotopic (exact) mass is 390 g/mol. The minimum Gasteiger partial charge on any atom is -0.360 e. The van der Waals surface area contributed by atoms with Crippen LogP contribution in [-0.2, 0) is 11.3 Å². The van der Waals surface area contributed by atoms with Crippen LogP contribution in [0.25, 0.3) is 32.9 Å². The number of hydrogen-bond acceptors (Lipinski definition) is 2. The fraction of sp³-hybridized carbons (Fsp3) is 0.304. The summed E-state index contributed by atoms with van der Waals surface area (Å²) in [4.78, 5) is 16.6. The van der Waals surface area contributed by atoms with Crippen molar-refractivity contribution in [3.63, 3.8) is 0 Å². The summed E-state index contributed by atoms with van der Waals surface area (Å²) < 4.78 is 15.5. The molecule has 0 aliphatic carbocycles. The van der Waals surface area contributed by atoms with Gasteiger partial charge in [0.25, 0.3) is 0 Å². The molecule has 1 N–H and O–H groups in total. The highest BCUT2D eigenvalue weighted by atomic mass is 19.1. The van der Waals surface area contributed by atoms with E-state index in [0.29, 0.717) is 5.92 Å². The number of halogens is 1. The zero-order chi connectivity index (χ0) is 20.0. The SMILES string of the molecule is CC(=O)N1CCC(Cn2cc3ccc(-c4c[nH]c5cc(F)ccc45)cc3n2)CC1. The summed E-state index contributed by atoms with van der Waals surface area (Å²) in [6, 6.07) is 11.1. The number of carbonyl (C=O) groups excluding carboxylic acids is 1. The molecule has 5 nitrogen and oxygen atoms in total. The second-order valence-electron chi connectivity index (χ2n) is 7.97. The number of H-pyrrole nitrogens is 1. The van der Waals surface area contributed by atoms with Gasteiger partial charge < -0.3 is 9.88 Å². The third-order valence-corrected chi connectivity index (χ3v) is 6.01. The molecule has 4 aromatic rings. The van der Waals surface area contributed by atoms with Crippen LogP contribution >= 0.6 is 0 Å². The maximum absolute atomic E-state index is 13.5. The average molecular weight is 390 g/mol. The van der Waals surface area contributed by atoms with Crippen LogP contribution in [0.5, 0.6) is 0 Å². The predicted octanol–water partition coefficient (Wildman–Crippen LogP) is 4.58. The largest absolute Gasteiger partial charge is 0.360 e. The second kappa shape index (κ2) is 7.03. The van der Waals surface area contributed by atoms with Gasteiger partial charge in [0.15, 0.2) is 0 Å². The first-order valence-electron chi connectivity index (χ1n) is 10.1. The molecule has 0 bridgehead atoms. The Morgan fingerprint density at radius 3 is 2.83 bits per heavy atom. The molecule has 148 valence electrons. The molecule has 5 rings (SSSR count). The van der Waals surface area contributed by atoms with Crippen molar-refractivity contribution in [2.24, 2.45) is 5.92 Å². The highest BCUT2D eigenvalue weighted by molar-refractivity contribution is 5.97. The van der Waals surface area contributed by atoms with E-state index in [9.17, 15) is 9.18 Å². The molecule has 0 unspecified atom stereocenters. The predicted molar refractivity (Wildman–Crippen MR) is 112 cm³/mol. The van der Waals surface area contributed by atoms with Crippen molar-refractivity contribution < 1.29 is 9.18 Å². The molecule has 1 aliphatic rings. The molecular weight excluding hydrogens is 367 g/mol. The number of carbonyl (C=O) groups is 1. The number of piperidine rings is 1. The summed E-state index contributed by atoms with van der Waals surface area (Å²) in [7, 11) is 0. The van der Waals surface area contributed by atoms with Gasteiger partial charge in [0, 0.05) is 60.8 Å². The quantitative estimate of drug-likeness (QED) is 0.557. The van der Waals surface area contributed by atoms with Gasteiger partial charge in [0.05, 0.1) is 5.52 Å². The number of fused-ring (bicyclic) bond motifs is 2. The van der Waals surface area contributed by atoms with Crippen LogP contribution in [0.3, 0.4) is 0 Å². The molecule has 1 saturated heterocycles. The number of aromatic amines is 1. The Bertz CT molecular complexity index is 1200. The van der Waals surface area contributed by atoms with Gasteiger partial charge in [-0.2, -0.15) is 5.10 Å². The molecule has 2 aromatic heterocycles. The number of hydrogen-bond donors (Lipinski definition) is 1. The van der Waals surface area contributed by atoms with Crippen LogP contribution in [0.2, 0.25) is 0 Å². The fourth-order valence-electron chi connectivity index (χ4n) is 4.36. The molecule has 0 saturated carbocycles. The highest BCUT2D eigenvalue weighted by Gasteiger charge is 2.21. The van der Waals surface area contributed by atoms with Gasteiger partial charge in [-0.05, 0) is 48.6 Å². The van der Waals surface area contributed by atoms with Gasteiger partial charge >= 0.3 is 0 Å². The molecule has 3 heterocycles. The van der Waals surface area contributed by atoms with E-state index in [2.05, 4.69) is 29.4 Å². The summed E-state index contributed by atoms with van der Waals surface area (Å²) >= 11 is 0. The number of nitrogens with one attached hydrogen (secondary N) is 1. The van der Waals surface area contributed by atoms with Gasteiger partial charge in [-0.1, -0.05) is 12.1 Å². The van der Waals surface area contributed by atoms with Gasteiger partial charge in [-0.3, -0.25) is 9.48 Å². The van der Waals surface area contributed by atoms with Crippen LogP contribution in [0.15, 0.2) is 48.8 Å². The van der Waals surface area contributed by atoms with Crippen molar-refractivity contribution in [1.29, 1.82) is 0 Å². The first kappa shape index (κ1) is 17.9. The highest BCUT2D eigenvalue weighted by Crippen LogP contribution is 2.31. The van der Waals surface area contributed by atoms with Crippen LogP contribution in [0, 0.1) is 11.7 Å². The summed E-state index contributed by atoms with van der Waals surface area (Å²) in [6.45, 7) is 4.20. The maximum atomic E-state index is 13.5. The van der Waals surface area contributed by atoms with Crippen LogP contribution in [0.4, 0.5) is 4.39 Å². The summed E-state index contributed by atoms with van der Waals surface area (Å²) in [6.07, 6.45) is 6.06. The lowest BCUT2D eigenvalue weighted by atomic mass is 9.97. The zero-order valence-corrected chi connectivity index (χ0v) is 16.4. The van der Waals surface area contributed by atoms with E-state index in [-0.39, 0.29) is 11.7 Å². The van der Waals surface area contributed by atoms with E-state index < -0.39 is 0 Å². The van der Waals surface area contributed by atoms with E-state index >= 15 is 0 Å². The minimum absolute atomic E-state index is 0.167.